The Morgan fingerprint density at radius 1 is 1.19 bits per heavy atom. The van der Waals surface area contributed by atoms with Crippen molar-refractivity contribution in [1.82, 2.24) is 5.16 Å². The number of ether oxygens (including phenoxy) is 3. The van der Waals surface area contributed by atoms with Gasteiger partial charge in [-0.1, -0.05) is 19.0 Å². The molecule has 8 heteroatoms. The fraction of sp³-hybridized carbons (Fsp3) is 0.833. The van der Waals surface area contributed by atoms with Gasteiger partial charge in [0.25, 0.3) is 0 Å². The summed E-state index contributed by atoms with van der Waals surface area (Å²) < 4.78 is 22.2. The Balaban J connectivity index is 1.55. The van der Waals surface area contributed by atoms with Gasteiger partial charge in [0.2, 0.25) is 11.8 Å². The lowest BCUT2D eigenvalue weighted by Crippen LogP contribution is -2.38. The van der Waals surface area contributed by atoms with Gasteiger partial charge in [0.1, 0.15) is 0 Å². The van der Waals surface area contributed by atoms with Gasteiger partial charge in [0, 0.05) is 30.4 Å². The highest BCUT2D eigenvalue weighted by Crippen LogP contribution is 2.38. The molecule has 32 heavy (non-hydrogen) atoms. The molecule has 1 amide bonds. The number of aromatic nitrogens is 1. The van der Waals surface area contributed by atoms with Gasteiger partial charge in [0.05, 0.1) is 22.6 Å². The number of methoxy groups -OCH3 is 1. The summed E-state index contributed by atoms with van der Waals surface area (Å²) in [6.07, 6.45) is 7.46. The molecule has 3 rings (SSSR count). The zero-order valence-corrected chi connectivity index (χ0v) is 21.3. The van der Waals surface area contributed by atoms with Gasteiger partial charge in [-0.3, -0.25) is 10.1 Å². The average molecular weight is 469 g/mol. The van der Waals surface area contributed by atoms with E-state index in [1.54, 1.807) is 18.9 Å². The van der Waals surface area contributed by atoms with Crippen LogP contribution >= 0.6 is 11.8 Å². The van der Waals surface area contributed by atoms with E-state index < -0.39 is 10.2 Å². The predicted molar refractivity (Wildman–Crippen MR) is 127 cm³/mol. The second-order valence-electron chi connectivity index (χ2n) is 10.1. The van der Waals surface area contributed by atoms with Gasteiger partial charge in [-0.2, -0.15) is 0 Å². The number of nitrogens with one attached hydrogen (secondary N) is 1. The van der Waals surface area contributed by atoms with E-state index in [1.165, 1.54) is 0 Å². The van der Waals surface area contributed by atoms with Crippen molar-refractivity contribution < 1.29 is 23.5 Å². The number of thioether (sulfide) groups is 1. The Bertz CT molecular complexity index is 737. The van der Waals surface area contributed by atoms with Crippen molar-refractivity contribution in [2.24, 2.45) is 0 Å². The molecule has 1 aliphatic carbocycles. The molecule has 0 aromatic carbocycles. The first-order valence-electron chi connectivity index (χ1n) is 11.9. The van der Waals surface area contributed by atoms with Crippen molar-refractivity contribution in [3.63, 3.8) is 0 Å². The normalized spacial score (nSPS) is 26.0. The number of amides is 1. The lowest BCUT2D eigenvalue weighted by molar-refractivity contribution is -0.196. The van der Waals surface area contributed by atoms with E-state index >= 15 is 0 Å². The molecule has 0 radical (unpaired) electrons. The molecule has 1 unspecified atom stereocenters. The molecule has 0 bridgehead atoms. The molecule has 1 N–H and O–H groups in total. The number of nitrogens with zero attached hydrogens (tertiary/aromatic N) is 1. The van der Waals surface area contributed by atoms with E-state index in [9.17, 15) is 4.79 Å². The van der Waals surface area contributed by atoms with Crippen LogP contribution in [0.2, 0.25) is 0 Å². The first kappa shape index (κ1) is 25.5. The van der Waals surface area contributed by atoms with Crippen LogP contribution in [0.25, 0.3) is 0 Å². The van der Waals surface area contributed by atoms with Crippen molar-refractivity contribution in [3.8, 4) is 0 Å². The van der Waals surface area contributed by atoms with E-state index in [0.717, 1.165) is 57.2 Å². The second kappa shape index (κ2) is 10.9. The highest BCUT2D eigenvalue weighted by atomic mass is 32.2. The Kier molecular flexibility index (Phi) is 8.69. The van der Waals surface area contributed by atoms with Gasteiger partial charge in [0.15, 0.2) is 6.29 Å². The van der Waals surface area contributed by atoms with Crippen LogP contribution in [0.4, 0.5) is 5.88 Å². The van der Waals surface area contributed by atoms with Gasteiger partial charge in [-0.25, -0.2) is 0 Å². The highest BCUT2D eigenvalue weighted by Gasteiger charge is 2.37. The lowest BCUT2D eigenvalue weighted by Gasteiger charge is -2.34. The first-order chi connectivity index (χ1) is 15.1. The Hall–Kier alpha value is -1.09. The lowest BCUT2D eigenvalue weighted by atomic mass is 9.84. The SMILES string of the molecule is COC1CCC(SC(C)(C)C(=O)Nc2cc(C(C)(C)[C@H](C)OC3CCCCO3)no2)CC1. The van der Waals surface area contributed by atoms with E-state index in [0.29, 0.717) is 17.2 Å². The number of hydrogen-bond acceptors (Lipinski definition) is 7. The summed E-state index contributed by atoms with van der Waals surface area (Å²) in [6.45, 7) is 10.9. The molecule has 182 valence electrons. The van der Waals surface area contributed by atoms with Crippen LogP contribution in [-0.4, -0.2) is 53.3 Å². The van der Waals surface area contributed by atoms with Crippen molar-refractivity contribution in [3.05, 3.63) is 11.8 Å². The summed E-state index contributed by atoms with van der Waals surface area (Å²) >= 11 is 1.74. The molecule has 2 atom stereocenters. The maximum absolute atomic E-state index is 13.0. The third-order valence-corrected chi connectivity index (χ3v) is 8.46. The third-order valence-electron chi connectivity index (χ3n) is 6.88. The molecule has 2 aliphatic rings. The Morgan fingerprint density at radius 3 is 2.53 bits per heavy atom. The largest absolute Gasteiger partial charge is 0.381 e. The van der Waals surface area contributed by atoms with Crippen LogP contribution in [0.5, 0.6) is 0 Å². The van der Waals surface area contributed by atoms with Crippen LogP contribution in [0, 0.1) is 0 Å². The third kappa shape index (κ3) is 6.49. The summed E-state index contributed by atoms with van der Waals surface area (Å²) in [5, 5.41) is 7.63. The maximum Gasteiger partial charge on any atom is 0.242 e. The van der Waals surface area contributed by atoms with Crippen LogP contribution in [0.15, 0.2) is 10.6 Å². The molecule has 1 saturated carbocycles. The predicted octanol–water partition coefficient (Wildman–Crippen LogP) is 5.29. The minimum Gasteiger partial charge on any atom is -0.381 e. The fourth-order valence-electron chi connectivity index (χ4n) is 4.18. The summed E-state index contributed by atoms with van der Waals surface area (Å²) in [7, 11) is 1.78. The van der Waals surface area contributed by atoms with E-state index in [4.69, 9.17) is 18.7 Å². The quantitative estimate of drug-likeness (QED) is 0.527. The summed E-state index contributed by atoms with van der Waals surface area (Å²) in [4.78, 5) is 13.0. The highest BCUT2D eigenvalue weighted by molar-refractivity contribution is 8.02. The first-order valence-corrected chi connectivity index (χ1v) is 12.8. The molecular formula is C24H40N2O5S. The standard InChI is InChI=1S/C24H40N2O5S/c1-16(30-21-9-7-8-14-29-21)23(2,3)19-15-20(31-26-19)25-22(27)24(4,5)32-18-12-10-17(28-6)11-13-18/h15-18,21H,7-14H2,1-6H3,(H,25,27)/t16-,17?,18?,21?/m0/s1. The van der Waals surface area contributed by atoms with E-state index in [1.807, 2.05) is 26.8 Å². The molecule has 1 aromatic rings. The minimum atomic E-state index is -0.568. The fourth-order valence-corrected chi connectivity index (χ4v) is 5.68. The number of hydrogen-bond donors (Lipinski definition) is 1. The van der Waals surface area contributed by atoms with Gasteiger partial charge < -0.3 is 18.7 Å². The van der Waals surface area contributed by atoms with Crippen LogP contribution in [0.3, 0.4) is 0 Å². The smallest absolute Gasteiger partial charge is 0.242 e. The second-order valence-corrected chi connectivity index (χ2v) is 12.0. The monoisotopic (exact) mass is 468 g/mol. The van der Waals surface area contributed by atoms with Crippen LogP contribution in [-0.2, 0) is 24.4 Å². The van der Waals surface area contributed by atoms with E-state index in [-0.39, 0.29) is 18.3 Å². The molecule has 1 aliphatic heterocycles. The average Bonchev–Trinajstić information content (AvgIpc) is 3.24. The topological polar surface area (TPSA) is 82.8 Å². The Labute approximate surface area is 196 Å². The molecule has 7 nitrogen and oxygen atoms in total. The minimum absolute atomic E-state index is 0.0724. The molecule has 0 spiro atoms. The van der Waals surface area contributed by atoms with Crippen LogP contribution in [0.1, 0.15) is 85.3 Å². The molecule has 2 fully saturated rings. The van der Waals surface area contributed by atoms with Gasteiger partial charge in [-0.05, 0) is 65.7 Å². The van der Waals surface area contributed by atoms with Crippen molar-refractivity contribution in [2.45, 2.75) is 113 Å². The molecule has 1 aromatic heterocycles. The number of anilines is 1. The zero-order valence-electron chi connectivity index (χ0n) is 20.4. The number of rotatable bonds is 9. The molecular weight excluding hydrogens is 428 g/mol. The zero-order chi connectivity index (χ0) is 23.4. The Morgan fingerprint density at radius 2 is 1.91 bits per heavy atom. The van der Waals surface area contributed by atoms with Crippen molar-refractivity contribution >= 4 is 23.6 Å². The van der Waals surface area contributed by atoms with E-state index in [2.05, 4.69) is 24.3 Å². The van der Waals surface area contributed by atoms with Crippen molar-refractivity contribution in [1.29, 1.82) is 0 Å². The van der Waals surface area contributed by atoms with Gasteiger partial charge >= 0.3 is 0 Å². The van der Waals surface area contributed by atoms with Crippen molar-refractivity contribution in [2.75, 3.05) is 19.0 Å². The summed E-state index contributed by atoms with van der Waals surface area (Å²) in [5.41, 5.74) is 0.358. The maximum atomic E-state index is 13.0. The number of carbonyl (C=O) groups excluding carboxylic acids is 1. The molecule has 1 saturated heterocycles. The van der Waals surface area contributed by atoms with Crippen LogP contribution < -0.4 is 5.32 Å². The molecule has 2 heterocycles. The van der Waals surface area contributed by atoms with Gasteiger partial charge in [-0.15, -0.1) is 11.8 Å². The number of carbonyl (C=O) groups is 1. The summed E-state index contributed by atoms with van der Waals surface area (Å²) in [6, 6.07) is 1.81. The summed E-state index contributed by atoms with van der Waals surface area (Å²) in [5.74, 6) is 0.299.